The smallest absolute Gasteiger partial charge is 0.314 e. The Hall–Kier alpha value is -2.66. The van der Waals surface area contributed by atoms with Crippen LogP contribution in [0.4, 0.5) is 0 Å². The zero-order valence-electron chi connectivity index (χ0n) is 17.3. The molecule has 1 heterocycles. The van der Waals surface area contributed by atoms with E-state index in [9.17, 15) is 9.59 Å². The van der Waals surface area contributed by atoms with Gasteiger partial charge in [-0.1, -0.05) is 60.7 Å². The number of hydrogen-bond donors (Lipinski definition) is 2. The van der Waals surface area contributed by atoms with Crippen molar-refractivity contribution in [3.05, 3.63) is 71.8 Å². The summed E-state index contributed by atoms with van der Waals surface area (Å²) in [5.74, 6) is -0.251. The van der Waals surface area contributed by atoms with Crippen molar-refractivity contribution in [2.75, 3.05) is 19.7 Å². The molecule has 5 heteroatoms. The minimum absolute atomic E-state index is 0.00205. The number of hydrogen-bond acceptors (Lipinski definition) is 3. The van der Waals surface area contributed by atoms with Crippen LogP contribution in [0.1, 0.15) is 43.9 Å². The summed E-state index contributed by atoms with van der Waals surface area (Å²) >= 11 is 0. The predicted molar refractivity (Wildman–Crippen MR) is 112 cm³/mol. The minimum Gasteiger partial charge on any atom is -0.466 e. The van der Waals surface area contributed by atoms with Crippen molar-refractivity contribution in [3.8, 4) is 0 Å². The zero-order chi connectivity index (χ0) is 20.6. The van der Waals surface area contributed by atoms with Crippen LogP contribution >= 0.6 is 0 Å². The number of likely N-dealkylation sites (tertiary alicyclic amines) is 1. The molecule has 1 fully saturated rings. The number of carbonyl (C=O) groups excluding carboxylic acids is 2. The maximum Gasteiger partial charge on any atom is 0.314 e. The molecule has 2 N–H and O–H groups in total. The number of quaternary nitrogens is 1. The Kier molecular flexibility index (Phi) is 7.42. The molecule has 0 radical (unpaired) electrons. The van der Waals surface area contributed by atoms with Crippen LogP contribution in [0.25, 0.3) is 0 Å². The van der Waals surface area contributed by atoms with E-state index in [1.165, 1.54) is 0 Å². The van der Waals surface area contributed by atoms with Crippen LogP contribution in [-0.2, 0) is 14.3 Å². The van der Waals surface area contributed by atoms with Crippen LogP contribution in [0, 0.1) is 5.92 Å². The highest BCUT2D eigenvalue weighted by molar-refractivity contribution is 5.81. The minimum atomic E-state index is -0.234. The summed E-state index contributed by atoms with van der Waals surface area (Å²) in [7, 11) is 0. The standard InChI is InChI=1S/C24H30N2O3/c1-3-29-24(28)21-15-10-16-26(17-21)18(2)23(27)25-22(19-11-6-4-7-12-19)20-13-8-5-9-14-20/h4-9,11-14,18,21-22H,3,10,15-17H2,1-2H3,(H,25,27)/p+1/t18-,21+/m0/s1. The van der Waals surface area contributed by atoms with Gasteiger partial charge in [-0.05, 0) is 37.8 Å². The highest BCUT2D eigenvalue weighted by Gasteiger charge is 2.35. The Morgan fingerprint density at radius 2 is 1.66 bits per heavy atom. The summed E-state index contributed by atoms with van der Waals surface area (Å²) in [6, 6.07) is 19.6. The van der Waals surface area contributed by atoms with Crippen molar-refractivity contribution in [3.63, 3.8) is 0 Å². The van der Waals surface area contributed by atoms with Gasteiger partial charge in [0.25, 0.3) is 5.91 Å². The third-order valence-electron chi connectivity index (χ3n) is 5.74. The molecule has 1 unspecified atom stereocenters. The van der Waals surface area contributed by atoms with Crippen LogP contribution in [0.5, 0.6) is 0 Å². The molecule has 5 nitrogen and oxygen atoms in total. The average molecular weight is 396 g/mol. The van der Waals surface area contributed by atoms with Crippen molar-refractivity contribution in [1.29, 1.82) is 0 Å². The first-order chi connectivity index (χ1) is 14.1. The van der Waals surface area contributed by atoms with Gasteiger partial charge in [-0.2, -0.15) is 0 Å². The van der Waals surface area contributed by atoms with Gasteiger partial charge in [0.05, 0.1) is 25.7 Å². The number of esters is 1. The summed E-state index contributed by atoms with van der Waals surface area (Å²) in [5.41, 5.74) is 2.11. The average Bonchev–Trinajstić information content (AvgIpc) is 2.78. The van der Waals surface area contributed by atoms with Crippen LogP contribution in [0.15, 0.2) is 60.7 Å². The fourth-order valence-corrected chi connectivity index (χ4v) is 4.05. The highest BCUT2D eigenvalue weighted by atomic mass is 16.5. The number of nitrogens with one attached hydrogen (secondary N) is 2. The van der Waals surface area contributed by atoms with Gasteiger partial charge in [0.15, 0.2) is 6.04 Å². The lowest BCUT2D eigenvalue weighted by molar-refractivity contribution is -0.921. The second-order valence-corrected chi connectivity index (χ2v) is 7.69. The fraction of sp³-hybridized carbons (Fsp3) is 0.417. The Balaban J connectivity index is 1.71. The van der Waals surface area contributed by atoms with Crippen molar-refractivity contribution < 1.29 is 19.2 Å². The van der Waals surface area contributed by atoms with Gasteiger partial charge < -0.3 is 15.0 Å². The van der Waals surface area contributed by atoms with Gasteiger partial charge in [-0.25, -0.2) is 0 Å². The summed E-state index contributed by atoms with van der Waals surface area (Å²) in [6.45, 7) is 5.72. The zero-order valence-corrected chi connectivity index (χ0v) is 17.3. The molecule has 0 spiro atoms. The van der Waals surface area contributed by atoms with E-state index in [4.69, 9.17) is 4.74 Å². The molecular formula is C24H31N2O3+. The van der Waals surface area contributed by atoms with Gasteiger partial charge in [0.1, 0.15) is 5.92 Å². The molecule has 0 aliphatic carbocycles. The van der Waals surface area contributed by atoms with E-state index in [1.54, 1.807) is 0 Å². The molecule has 154 valence electrons. The monoisotopic (exact) mass is 395 g/mol. The lowest BCUT2D eigenvalue weighted by Crippen LogP contribution is -3.18. The van der Waals surface area contributed by atoms with Crippen molar-refractivity contribution >= 4 is 11.9 Å². The van der Waals surface area contributed by atoms with Crippen molar-refractivity contribution in [1.82, 2.24) is 5.32 Å². The third-order valence-corrected chi connectivity index (χ3v) is 5.74. The summed E-state index contributed by atoms with van der Waals surface area (Å²) in [4.78, 5) is 26.4. The fourth-order valence-electron chi connectivity index (χ4n) is 4.05. The van der Waals surface area contributed by atoms with E-state index in [0.717, 1.165) is 35.4 Å². The van der Waals surface area contributed by atoms with E-state index in [-0.39, 0.29) is 29.9 Å². The summed E-state index contributed by atoms with van der Waals surface area (Å²) in [5, 5.41) is 3.24. The number of rotatable bonds is 7. The van der Waals surface area contributed by atoms with E-state index in [1.807, 2.05) is 74.5 Å². The Labute approximate surface area is 173 Å². The largest absolute Gasteiger partial charge is 0.466 e. The SMILES string of the molecule is CCOC(=O)[C@@H]1CCC[NH+]([C@@H](C)C(=O)NC(c2ccccc2)c2ccccc2)C1. The second kappa shape index (κ2) is 10.2. The molecule has 1 amide bonds. The summed E-state index contributed by atoms with van der Waals surface area (Å²) < 4.78 is 5.20. The van der Waals surface area contributed by atoms with Crippen LogP contribution in [0.3, 0.4) is 0 Å². The van der Waals surface area contributed by atoms with Crippen LogP contribution in [0.2, 0.25) is 0 Å². The molecular weight excluding hydrogens is 364 g/mol. The molecule has 0 bridgehead atoms. The molecule has 2 aromatic rings. The molecule has 3 rings (SSSR count). The van der Waals surface area contributed by atoms with E-state index >= 15 is 0 Å². The Bertz CT molecular complexity index is 755. The van der Waals surface area contributed by atoms with E-state index in [2.05, 4.69) is 5.32 Å². The number of piperidine rings is 1. The molecule has 0 saturated carbocycles. The molecule has 1 aliphatic rings. The number of benzene rings is 2. The summed E-state index contributed by atoms with van der Waals surface area (Å²) in [6.07, 6.45) is 1.77. The molecule has 29 heavy (non-hydrogen) atoms. The topological polar surface area (TPSA) is 59.8 Å². The van der Waals surface area contributed by atoms with Gasteiger partial charge in [-0.15, -0.1) is 0 Å². The van der Waals surface area contributed by atoms with E-state index < -0.39 is 0 Å². The number of amides is 1. The molecule has 2 aromatic carbocycles. The van der Waals surface area contributed by atoms with Gasteiger partial charge in [0.2, 0.25) is 0 Å². The maximum atomic E-state index is 13.2. The first kappa shape index (κ1) is 21.1. The lowest BCUT2D eigenvalue weighted by Gasteiger charge is -2.33. The van der Waals surface area contributed by atoms with Crippen LogP contribution in [-0.4, -0.2) is 37.6 Å². The quantitative estimate of drug-likeness (QED) is 0.706. The van der Waals surface area contributed by atoms with Crippen molar-refractivity contribution in [2.45, 2.75) is 38.8 Å². The first-order valence-electron chi connectivity index (χ1n) is 10.5. The second-order valence-electron chi connectivity index (χ2n) is 7.69. The molecule has 1 aliphatic heterocycles. The van der Waals surface area contributed by atoms with Crippen LogP contribution < -0.4 is 10.2 Å². The predicted octanol–water partition coefficient (Wildman–Crippen LogP) is 2.14. The third kappa shape index (κ3) is 5.45. The number of carbonyl (C=O) groups is 2. The highest BCUT2D eigenvalue weighted by Crippen LogP contribution is 2.21. The first-order valence-corrected chi connectivity index (χ1v) is 10.5. The Morgan fingerprint density at radius 3 is 2.21 bits per heavy atom. The Morgan fingerprint density at radius 1 is 1.07 bits per heavy atom. The number of ether oxygens (including phenoxy) is 1. The maximum absolute atomic E-state index is 13.2. The van der Waals surface area contributed by atoms with Crippen molar-refractivity contribution in [2.24, 2.45) is 5.92 Å². The molecule has 1 saturated heterocycles. The normalized spacial score (nSPS) is 20.1. The van der Waals surface area contributed by atoms with E-state index in [0.29, 0.717) is 13.2 Å². The lowest BCUT2D eigenvalue weighted by atomic mass is 9.96. The van der Waals surface area contributed by atoms with Gasteiger partial charge >= 0.3 is 5.97 Å². The van der Waals surface area contributed by atoms with Gasteiger partial charge in [0, 0.05) is 0 Å². The van der Waals surface area contributed by atoms with Gasteiger partial charge in [-0.3, -0.25) is 9.59 Å². The molecule has 0 aromatic heterocycles. The molecule has 3 atom stereocenters.